The summed E-state index contributed by atoms with van der Waals surface area (Å²) in [7, 11) is -2.84. The molecule has 0 atom stereocenters. The highest BCUT2D eigenvalue weighted by Crippen LogP contribution is 2.21. The van der Waals surface area contributed by atoms with E-state index in [0.717, 1.165) is 16.8 Å². The van der Waals surface area contributed by atoms with Gasteiger partial charge in [0.15, 0.2) is 0 Å². The van der Waals surface area contributed by atoms with Gasteiger partial charge in [-0.25, -0.2) is 8.42 Å². The van der Waals surface area contributed by atoms with Crippen LogP contribution in [0.5, 0.6) is 0 Å². The third-order valence-corrected chi connectivity index (χ3v) is 4.43. The Hall–Kier alpha value is -0.0400. The predicted molar refractivity (Wildman–Crippen MR) is 77.4 cm³/mol. The molecule has 0 bridgehead atoms. The fourth-order valence-corrected chi connectivity index (χ4v) is 3.11. The number of rotatable bonds is 7. The van der Waals surface area contributed by atoms with Gasteiger partial charge in [0.1, 0.15) is 9.84 Å². The fraction of sp³-hybridized carbons (Fsp3) is 0.455. The Bertz CT molecular complexity index is 449. The molecular formula is C11H16BrNO2S2. The lowest BCUT2D eigenvalue weighted by atomic mass is 10.4. The summed E-state index contributed by atoms with van der Waals surface area (Å²) in [6, 6.07) is 8.13. The molecule has 0 amide bonds. The first-order valence-electron chi connectivity index (χ1n) is 5.24. The zero-order chi connectivity index (χ0) is 12.7. The molecule has 0 radical (unpaired) electrons. The van der Waals surface area contributed by atoms with Gasteiger partial charge in [-0.3, -0.25) is 0 Å². The van der Waals surface area contributed by atoms with Crippen molar-refractivity contribution < 1.29 is 8.42 Å². The van der Waals surface area contributed by atoms with E-state index in [-0.39, 0.29) is 5.75 Å². The zero-order valence-corrected chi connectivity index (χ0v) is 12.9. The fourth-order valence-electron chi connectivity index (χ4n) is 1.18. The second-order valence-electron chi connectivity index (χ2n) is 3.69. The third kappa shape index (κ3) is 7.81. The van der Waals surface area contributed by atoms with Crippen LogP contribution in [0.4, 0.5) is 0 Å². The van der Waals surface area contributed by atoms with Crippen LogP contribution in [0.2, 0.25) is 0 Å². The monoisotopic (exact) mass is 337 g/mol. The van der Waals surface area contributed by atoms with Gasteiger partial charge in [-0.15, -0.1) is 11.8 Å². The molecule has 1 N–H and O–H groups in total. The lowest BCUT2D eigenvalue weighted by Crippen LogP contribution is -2.24. The van der Waals surface area contributed by atoms with Crippen molar-refractivity contribution in [2.75, 3.05) is 30.9 Å². The minimum Gasteiger partial charge on any atom is -0.315 e. The Morgan fingerprint density at radius 3 is 2.76 bits per heavy atom. The molecule has 0 aromatic heterocycles. The summed E-state index contributed by atoms with van der Waals surface area (Å²) in [6.45, 7) is 1.34. The first-order valence-corrected chi connectivity index (χ1v) is 9.08. The minimum absolute atomic E-state index is 0.203. The molecule has 0 aliphatic carbocycles. The molecule has 0 saturated carbocycles. The largest absolute Gasteiger partial charge is 0.315 e. The molecule has 0 saturated heterocycles. The van der Waals surface area contributed by atoms with Gasteiger partial charge in [0.05, 0.1) is 5.75 Å². The van der Waals surface area contributed by atoms with Crippen molar-refractivity contribution in [2.45, 2.75) is 4.90 Å². The van der Waals surface area contributed by atoms with Gasteiger partial charge in [0.2, 0.25) is 0 Å². The lowest BCUT2D eigenvalue weighted by Gasteiger charge is -2.04. The summed E-state index contributed by atoms with van der Waals surface area (Å²) in [5, 5.41) is 3.12. The Kier molecular flexibility index (Phi) is 6.54. The highest BCUT2D eigenvalue weighted by atomic mass is 79.9. The maximum Gasteiger partial charge on any atom is 0.148 e. The maximum absolute atomic E-state index is 10.9. The summed E-state index contributed by atoms with van der Waals surface area (Å²) in [6.07, 6.45) is 1.25. The Morgan fingerprint density at radius 2 is 2.12 bits per heavy atom. The van der Waals surface area contributed by atoms with Crippen LogP contribution in [0.3, 0.4) is 0 Å². The molecule has 0 aliphatic heterocycles. The molecule has 96 valence electrons. The van der Waals surface area contributed by atoms with Crippen LogP contribution in [0.15, 0.2) is 33.6 Å². The van der Waals surface area contributed by atoms with Crippen LogP contribution >= 0.6 is 27.7 Å². The second kappa shape index (κ2) is 7.41. The molecule has 1 aromatic rings. The van der Waals surface area contributed by atoms with E-state index in [4.69, 9.17) is 0 Å². The van der Waals surface area contributed by atoms with Gasteiger partial charge in [-0.05, 0) is 18.2 Å². The lowest BCUT2D eigenvalue weighted by molar-refractivity contribution is 0.598. The summed E-state index contributed by atoms with van der Waals surface area (Å²) < 4.78 is 22.8. The molecule has 3 nitrogen and oxygen atoms in total. The topological polar surface area (TPSA) is 46.2 Å². The molecule has 0 heterocycles. The van der Waals surface area contributed by atoms with Crippen LogP contribution < -0.4 is 5.32 Å². The molecule has 0 spiro atoms. The number of nitrogens with one attached hydrogen (secondary N) is 1. The normalized spacial score (nSPS) is 11.6. The van der Waals surface area contributed by atoms with E-state index in [1.807, 2.05) is 12.1 Å². The second-order valence-corrected chi connectivity index (χ2v) is 8.03. The highest BCUT2D eigenvalue weighted by molar-refractivity contribution is 9.10. The number of hydrogen-bond acceptors (Lipinski definition) is 4. The van der Waals surface area contributed by atoms with E-state index in [9.17, 15) is 8.42 Å². The highest BCUT2D eigenvalue weighted by Gasteiger charge is 2.00. The van der Waals surface area contributed by atoms with Crippen molar-refractivity contribution in [2.24, 2.45) is 0 Å². The van der Waals surface area contributed by atoms with Crippen molar-refractivity contribution >= 4 is 37.5 Å². The van der Waals surface area contributed by atoms with E-state index in [1.54, 1.807) is 11.8 Å². The van der Waals surface area contributed by atoms with Crippen molar-refractivity contribution in [1.82, 2.24) is 5.32 Å². The van der Waals surface area contributed by atoms with E-state index < -0.39 is 9.84 Å². The standard InChI is InChI=1S/C11H16BrNO2S2/c1-17(14,15)8-6-13-5-7-16-11-4-2-3-10(12)9-11/h2-4,9,13H,5-8H2,1H3. The van der Waals surface area contributed by atoms with Crippen LogP contribution in [-0.4, -0.2) is 39.3 Å². The number of sulfone groups is 1. The molecular weight excluding hydrogens is 322 g/mol. The number of hydrogen-bond donors (Lipinski definition) is 1. The molecule has 1 rings (SSSR count). The van der Waals surface area contributed by atoms with Crippen molar-refractivity contribution in [1.29, 1.82) is 0 Å². The first-order chi connectivity index (χ1) is 7.97. The summed E-state index contributed by atoms with van der Waals surface area (Å²) in [5.41, 5.74) is 0. The molecule has 0 fully saturated rings. The average Bonchev–Trinajstić information content (AvgIpc) is 2.22. The molecule has 6 heteroatoms. The van der Waals surface area contributed by atoms with Crippen molar-refractivity contribution in [3.8, 4) is 0 Å². The van der Waals surface area contributed by atoms with Crippen molar-refractivity contribution in [3.63, 3.8) is 0 Å². The maximum atomic E-state index is 10.9. The summed E-state index contributed by atoms with van der Waals surface area (Å²) in [5.74, 6) is 1.13. The van der Waals surface area contributed by atoms with Crippen LogP contribution in [0.25, 0.3) is 0 Å². The van der Waals surface area contributed by atoms with Gasteiger partial charge < -0.3 is 5.32 Å². The molecule has 0 aliphatic rings. The van der Waals surface area contributed by atoms with Gasteiger partial charge in [-0.2, -0.15) is 0 Å². The Labute approximate surface area is 115 Å². The van der Waals surface area contributed by atoms with E-state index >= 15 is 0 Å². The minimum atomic E-state index is -2.84. The molecule has 1 aromatic carbocycles. The zero-order valence-electron chi connectivity index (χ0n) is 9.65. The van der Waals surface area contributed by atoms with Crippen LogP contribution in [0, 0.1) is 0 Å². The van der Waals surface area contributed by atoms with Gasteiger partial charge in [-0.1, -0.05) is 22.0 Å². The van der Waals surface area contributed by atoms with E-state index in [2.05, 4.69) is 33.4 Å². The third-order valence-electron chi connectivity index (χ3n) is 1.99. The van der Waals surface area contributed by atoms with E-state index in [1.165, 1.54) is 11.2 Å². The number of thioether (sulfide) groups is 1. The molecule has 0 unspecified atom stereocenters. The summed E-state index contributed by atoms with van der Waals surface area (Å²) in [4.78, 5) is 1.21. The predicted octanol–water partition coefficient (Wildman–Crippen LogP) is 2.18. The van der Waals surface area contributed by atoms with Gasteiger partial charge in [0, 0.05) is 34.5 Å². The van der Waals surface area contributed by atoms with Crippen molar-refractivity contribution in [3.05, 3.63) is 28.7 Å². The SMILES string of the molecule is CS(=O)(=O)CCNCCSc1cccc(Br)c1. The summed E-state index contributed by atoms with van der Waals surface area (Å²) >= 11 is 5.17. The Balaban J connectivity index is 2.13. The van der Waals surface area contributed by atoms with E-state index in [0.29, 0.717) is 6.54 Å². The van der Waals surface area contributed by atoms with Gasteiger partial charge in [0.25, 0.3) is 0 Å². The molecule has 17 heavy (non-hydrogen) atoms. The average molecular weight is 338 g/mol. The van der Waals surface area contributed by atoms with Crippen LogP contribution in [0.1, 0.15) is 0 Å². The number of halogens is 1. The number of benzene rings is 1. The van der Waals surface area contributed by atoms with Gasteiger partial charge >= 0.3 is 0 Å². The first kappa shape index (κ1) is 15.0. The quantitative estimate of drug-likeness (QED) is 0.611. The smallest absolute Gasteiger partial charge is 0.148 e. The Morgan fingerprint density at radius 1 is 1.35 bits per heavy atom. The van der Waals surface area contributed by atoms with Crippen LogP contribution in [-0.2, 0) is 9.84 Å².